The fourth-order valence-corrected chi connectivity index (χ4v) is 5.65. The predicted octanol–water partition coefficient (Wildman–Crippen LogP) is 3.51. The van der Waals surface area contributed by atoms with Gasteiger partial charge in [-0.05, 0) is 43.4 Å². The van der Waals surface area contributed by atoms with Gasteiger partial charge in [0.05, 0.1) is 11.2 Å². The van der Waals surface area contributed by atoms with Crippen LogP contribution < -0.4 is 16.4 Å². The Kier molecular flexibility index (Phi) is 4.72. The van der Waals surface area contributed by atoms with Gasteiger partial charge in [-0.25, -0.2) is 19.9 Å². The molecule has 4 atom stereocenters. The molecule has 2 aliphatic heterocycles. The first-order chi connectivity index (χ1) is 14.0. The van der Waals surface area contributed by atoms with Gasteiger partial charge in [-0.15, -0.1) is 0 Å². The summed E-state index contributed by atoms with van der Waals surface area (Å²) in [7, 11) is 0. The van der Waals surface area contributed by atoms with E-state index < -0.39 is 0 Å². The summed E-state index contributed by atoms with van der Waals surface area (Å²) in [6, 6.07) is 6.89. The molecule has 5 rings (SSSR count). The van der Waals surface area contributed by atoms with Crippen molar-refractivity contribution in [1.82, 2.24) is 19.9 Å². The summed E-state index contributed by atoms with van der Waals surface area (Å²) < 4.78 is 0. The second kappa shape index (κ2) is 7.27. The Balaban J connectivity index is 1.44. The fourth-order valence-electron chi connectivity index (χ4n) is 4.60. The van der Waals surface area contributed by atoms with Crippen LogP contribution in [0.15, 0.2) is 40.5 Å². The zero-order chi connectivity index (χ0) is 20.1. The number of hydrogen-bond acceptors (Lipinski definition) is 8. The van der Waals surface area contributed by atoms with Crippen LogP contribution in [0.1, 0.15) is 26.2 Å². The second-order valence-corrected chi connectivity index (χ2v) is 9.34. The summed E-state index contributed by atoms with van der Waals surface area (Å²) in [5, 5.41) is 1.22. The smallest absolute Gasteiger partial charge is 0.179 e. The van der Waals surface area contributed by atoms with Crippen LogP contribution in [0.2, 0.25) is 5.02 Å². The molecule has 0 aliphatic carbocycles. The molecule has 0 spiro atoms. The Hall–Kier alpha value is -2.16. The Bertz CT molecular complexity index is 1080. The average molecular weight is 428 g/mol. The first-order valence-electron chi connectivity index (χ1n) is 9.75. The van der Waals surface area contributed by atoms with Crippen LogP contribution in [0.25, 0.3) is 11.2 Å². The Morgan fingerprint density at radius 3 is 2.83 bits per heavy atom. The highest BCUT2D eigenvalue weighted by molar-refractivity contribution is 7.99. The summed E-state index contributed by atoms with van der Waals surface area (Å²) in [6.07, 6.45) is 6.68. The molecule has 9 heteroatoms. The number of rotatable bonds is 3. The number of pyridine rings is 2. The maximum Gasteiger partial charge on any atom is 0.179 e. The van der Waals surface area contributed by atoms with Crippen LogP contribution in [0.5, 0.6) is 0 Å². The van der Waals surface area contributed by atoms with E-state index in [0.717, 1.165) is 34.1 Å². The van der Waals surface area contributed by atoms with Gasteiger partial charge in [0.2, 0.25) is 0 Å². The molecule has 0 aromatic carbocycles. The maximum absolute atomic E-state index is 6.25. The molecule has 3 aromatic heterocycles. The van der Waals surface area contributed by atoms with Gasteiger partial charge < -0.3 is 16.4 Å². The normalized spacial score (nSPS) is 26.2. The summed E-state index contributed by atoms with van der Waals surface area (Å²) >= 11 is 7.68. The lowest BCUT2D eigenvalue weighted by molar-refractivity contribution is 0.393. The highest BCUT2D eigenvalue weighted by Gasteiger charge is 2.44. The number of nitrogen functional groups attached to an aromatic ring is 1. The molecule has 2 bridgehead atoms. The SMILES string of the molecule is C[C@H]1CC2CC(N)CC1N2c1cnc2nc(Sc3ccnc(N)c3Cl)ccc2n1. The van der Waals surface area contributed by atoms with Crippen molar-refractivity contribution in [2.24, 2.45) is 11.7 Å². The highest BCUT2D eigenvalue weighted by Crippen LogP contribution is 2.41. The first-order valence-corrected chi connectivity index (χ1v) is 10.9. The molecular formula is C20H22ClN7S. The van der Waals surface area contributed by atoms with Crippen molar-refractivity contribution in [2.75, 3.05) is 10.6 Å². The van der Waals surface area contributed by atoms with Gasteiger partial charge >= 0.3 is 0 Å². The number of hydrogen-bond donors (Lipinski definition) is 2. The minimum atomic E-state index is 0.287. The standard InChI is InChI=1S/C20H22ClN7S/c1-10-6-12-7-11(22)8-14(10)28(12)16-9-25-20-13(26-16)2-3-17(27-20)29-15-4-5-24-19(23)18(15)21/h2-5,9-12,14H,6-8,22H2,1H3,(H2,23,24)/t10-,11?,12?,14?/m0/s1. The Labute approximate surface area is 178 Å². The minimum Gasteiger partial charge on any atom is -0.382 e. The quantitative estimate of drug-likeness (QED) is 0.653. The first kappa shape index (κ1) is 18.8. The van der Waals surface area contributed by atoms with Gasteiger partial charge in [0.1, 0.15) is 22.2 Å². The number of anilines is 2. The molecule has 7 nitrogen and oxygen atoms in total. The summed E-state index contributed by atoms with van der Waals surface area (Å²) in [6.45, 7) is 2.31. The molecule has 29 heavy (non-hydrogen) atoms. The second-order valence-electron chi connectivity index (χ2n) is 7.90. The van der Waals surface area contributed by atoms with E-state index >= 15 is 0 Å². The van der Waals surface area contributed by atoms with E-state index in [1.54, 1.807) is 6.20 Å². The van der Waals surface area contributed by atoms with Crippen molar-refractivity contribution >= 4 is 46.2 Å². The fraction of sp³-hybridized carbons (Fsp3) is 0.400. The third-order valence-corrected chi connectivity index (χ3v) is 7.40. The molecular weight excluding hydrogens is 406 g/mol. The van der Waals surface area contributed by atoms with Gasteiger partial charge in [0.15, 0.2) is 5.65 Å². The van der Waals surface area contributed by atoms with E-state index in [1.807, 2.05) is 24.4 Å². The maximum atomic E-state index is 6.25. The topological polar surface area (TPSA) is 107 Å². The molecule has 3 aromatic rings. The van der Waals surface area contributed by atoms with Gasteiger partial charge in [0, 0.05) is 29.2 Å². The molecule has 0 radical (unpaired) electrons. The Morgan fingerprint density at radius 1 is 1.14 bits per heavy atom. The lowest BCUT2D eigenvalue weighted by Gasteiger charge is -2.39. The van der Waals surface area contributed by atoms with Gasteiger partial charge in [0.25, 0.3) is 0 Å². The van der Waals surface area contributed by atoms with Gasteiger partial charge in [-0.3, -0.25) is 0 Å². The van der Waals surface area contributed by atoms with Crippen molar-refractivity contribution < 1.29 is 0 Å². The number of aromatic nitrogens is 4. The summed E-state index contributed by atoms with van der Waals surface area (Å²) in [5.41, 5.74) is 13.4. The lowest BCUT2D eigenvalue weighted by Crippen LogP contribution is -2.48. The van der Waals surface area contributed by atoms with Crippen LogP contribution in [0.3, 0.4) is 0 Å². The van der Waals surface area contributed by atoms with E-state index in [2.05, 4.69) is 26.8 Å². The molecule has 5 heterocycles. The third-order valence-electron chi connectivity index (χ3n) is 5.90. The summed E-state index contributed by atoms with van der Waals surface area (Å²) in [5.74, 6) is 1.86. The largest absolute Gasteiger partial charge is 0.382 e. The van der Waals surface area contributed by atoms with E-state index in [0.29, 0.717) is 34.5 Å². The number of halogens is 1. The van der Waals surface area contributed by atoms with Crippen molar-refractivity contribution in [1.29, 1.82) is 0 Å². The van der Waals surface area contributed by atoms with E-state index in [1.165, 1.54) is 18.2 Å². The number of nitrogens with two attached hydrogens (primary N) is 2. The van der Waals surface area contributed by atoms with Gasteiger partial charge in [-0.2, -0.15) is 0 Å². The number of nitrogens with zero attached hydrogens (tertiary/aromatic N) is 5. The van der Waals surface area contributed by atoms with Crippen LogP contribution in [-0.4, -0.2) is 38.1 Å². The molecule has 2 fully saturated rings. The molecule has 0 saturated carbocycles. The zero-order valence-electron chi connectivity index (χ0n) is 16.0. The molecule has 0 amide bonds. The Morgan fingerprint density at radius 2 is 2.00 bits per heavy atom. The van der Waals surface area contributed by atoms with Crippen molar-refractivity contribution in [2.45, 2.75) is 54.2 Å². The van der Waals surface area contributed by atoms with E-state index in [9.17, 15) is 0 Å². The lowest BCUT2D eigenvalue weighted by atomic mass is 9.96. The molecule has 4 N–H and O–H groups in total. The third kappa shape index (κ3) is 3.39. The molecule has 150 valence electrons. The van der Waals surface area contributed by atoms with E-state index in [-0.39, 0.29) is 6.04 Å². The zero-order valence-corrected chi connectivity index (χ0v) is 17.6. The number of piperidine rings is 1. The monoisotopic (exact) mass is 427 g/mol. The van der Waals surface area contributed by atoms with Crippen LogP contribution >= 0.6 is 23.4 Å². The molecule has 2 aliphatic rings. The predicted molar refractivity (Wildman–Crippen MR) is 116 cm³/mol. The molecule has 2 saturated heterocycles. The highest BCUT2D eigenvalue weighted by atomic mass is 35.5. The van der Waals surface area contributed by atoms with Crippen LogP contribution in [0.4, 0.5) is 11.6 Å². The minimum absolute atomic E-state index is 0.287. The van der Waals surface area contributed by atoms with Crippen molar-refractivity contribution in [3.63, 3.8) is 0 Å². The van der Waals surface area contributed by atoms with Crippen LogP contribution in [-0.2, 0) is 0 Å². The van der Waals surface area contributed by atoms with Crippen LogP contribution in [0, 0.1) is 5.92 Å². The van der Waals surface area contributed by atoms with Crippen molar-refractivity contribution in [3.05, 3.63) is 35.6 Å². The van der Waals surface area contributed by atoms with E-state index in [4.69, 9.17) is 28.1 Å². The average Bonchev–Trinajstić information content (AvgIpc) is 2.91. The van der Waals surface area contributed by atoms with Crippen molar-refractivity contribution in [3.8, 4) is 0 Å². The molecule has 3 unspecified atom stereocenters. The number of fused-ring (bicyclic) bond motifs is 3. The van der Waals surface area contributed by atoms with Gasteiger partial charge in [-0.1, -0.05) is 30.3 Å². The summed E-state index contributed by atoms with van der Waals surface area (Å²) in [4.78, 5) is 21.4.